The molecule has 0 aliphatic carbocycles. The molecule has 23 heavy (non-hydrogen) atoms. The molecule has 2 aromatic carbocycles. The number of thioether (sulfide) groups is 1. The summed E-state index contributed by atoms with van der Waals surface area (Å²) < 4.78 is 27.7. The Labute approximate surface area is 140 Å². The highest BCUT2D eigenvalue weighted by Gasteiger charge is 2.14. The molecule has 118 valence electrons. The van der Waals surface area contributed by atoms with Crippen LogP contribution in [0.4, 0.5) is 8.78 Å². The maximum atomic E-state index is 13.3. The third-order valence-electron chi connectivity index (χ3n) is 3.14. The molecule has 0 saturated heterocycles. The van der Waals surface area contributed by atoms with E-state index in [0.29, 0.717) is 22.3 Å². The van der Waals surface area contributed by atoms with E-state index in [9.17, 15) is 8.78 Å². The van der Waals surface area contributed by atoms with Crippen molar-refractivity contribution in [2.24, 2.45) is 0 Å². The van der Waals surface area contributed by atoms with Gasteiger partial charge in [0, 0.05) is 16.3 Å². The molecule has 3 aromatic rings. The number of hydrogen-bond donors (Lipinski definition) is 1. The van der Waals surface area contributed by atoms with E-state index in [-0.39, 0.29) is 5.02 Å². The maximum Gasteiger partial charge on any atom is 0.210 e. The van der Waals surface area contributed by atoms with Gasteiger partial charge in [0.15, 0.2) is 17.5 Å². The van der Waals surface area contributed by atoms with E-state index in [4.69, 9.17) is 17.4 Å². The first-order valence-electron chi connectivity index (χ1n) is 6.58. The Morgan fingerprint density at radius 1 is 1.09 bits per heavy atom. The number of nitrogens with zero attached hydrogens (tertiary/aromatic N) is 3. The first-order chi connectivity index (χ1) is 11.1. The maximum absolute atomic E-state index is 13.3. The van der Waals surface area contributed by atoms with E-state index in [0.717, 1.165) is 17.7 Å². The second-order valence-electron chi connectivity index (χ2n) is 4.69. The average Bonchev–Trinajstić information content (AvgIpc) is 2.91. The Morgan fingerprint density at radius 2 is 1.78 bits per heavy atom. The summed E-state index contributed by atoms with van der Waals surface area (Å²) in [5, 5.41) is 8.67. The second kappa shape index (κ2) is 6.55. The van der Waals surface area contributed by atoms with Gasteiger partial charge in [-0.1, -0.05) is 53.7 Å². The molecule has 0 aliphatic heterocycles. The molecule has 0 atom stereocenters. The van der Waals surface area contributed by atoms with Gasteiger partial charge < -0.3 is 5.84 Å². The first-order valence-corrected chi connectivity index (χ1v) is 7.94. The number of aromatic nitrogens is 3. The van der Waals surface area contributed by atoms with Gasteiger partial charge in [0.2, 0.25) is 5.16 Å². The lowest BCUT2D eigenvalue weighted by atomic mass is 10.2. The summed E-state index contributed by atoms with van der Waals surface area (Å²) >= 11 is 7.15. The van der Waals surface area contributed by atoms with Crippen molar-refractivity contribution in [3.8, 4) is 11.4 Å². The third-order valence-corrected chi connectivity index (χ3v) is 4.49. The Bertz CT molecular complexity index is 839. The van der Waals surface area contributed by atoms with Gasteiger partial charge in [-0.2, -0.15) is 0 Å². The molecular weight excluding hydrogens is 342 g/mol. The standard InChI is InChI=1S/C15H11ClF2N4S/c16-11-7-13(18)12(17)6-10(11)8-23-15-21-20-14(22(15)19)9-4-2-1-3-5-9/h1-7H,8,19H2. The van der Waals surface area contributed by atoms with Crippen molar-refractivity contribution in [2.75, 3.05) is 5.84 Å². The number of benzene rings is 2. The minimum absolute atomic E-state index is 0.155. The van der Waals surface area contributed by atoms with Crippen molar-refractivity contribution in [3.63, 3.8) is 0 Å². The van der Waals surface area contributed by atoms with Crippen molar-refractivity contribution >= 4 is 23.4 Å². The lowest BCUT2D eigenvalue weighted by Crippen LogP contribution is -2.11. The van der Waals surface area contributed by atoms with E-state index in [1.54, 1.807) is 0 Å². The molecular formula is C15H11ClF2N4S. The van der Waals surface area contributed by atoms with E-state index < -0.39 is 11.6 Å². The largest absolute Gasteiger partial charge is 0.335 e. The second-order valence-corrected chi connectivity index (χ2v) is 6.04. The van der Waals surface area contributed by atoms with Crippen LogP contribution >= 0.6 is 23.4 Å². The van der Waals surface area contributed by atoms with Crippen molar-refractivity contribution in [1.29, 1.82) is 0 Å². The first kappa shape index (κ1) is 15.8. The Balaban J connectivity index is 1.80. The predicted molar refractivity (Wildman–Crippen MR) is 86.5 cm³/mol. The fourth-order valence-corrected chi connectivity index (χ4v) is 3.12. The van der Waals surface area contributed by atoms with Crippen LogP contribution in [0.2, 0.25) is 5.02 Å². The summed E-state index contributed by atoms with van der Waals surface area (Å²) in [7, 11) is 0. The highest BCUT2D eigenvalue weighted by molar-refractivity contribution is 7.98. The van der Waals surface area contributed by atoms with Crippen molar-refractivity contribution in [3.05, 3.63) is 64.7 Å². The van der Waals surface area contributed by atoms with Gasteiger partial charge >= 0.3 is 0 Å². The van der Waals surface area contributed by atoms with Crippen LogP contribution in [-0.2, 0) is 5.75 Å². The van der Waals surface area contributed by atoms with Crippen LogP contribution in [0.1, 0.15) is 5.56 Å². The fraction of sp³-hybridized carbons (Fsp3) is 0.0667. The molecule has 0 radical (unpaired) electrons. The highest BCUT2D eigenvalue weighted by Crippen LogP contribution is 2.28. The van der Waals surface area contributed by atoms with Gasteiger partial charge in [0.25, 0.3) is 0 Å². The SMILES string of the molecule is Nn1c(SCc2cc(F)c(F)cc2Cl)nnc1-c1ccccc1. The number of nitrogen functional groups attached to an aromatic ring is 1. The molecule has 0 bridgehead atoms. The third kappa shape index (κ3) is 3.30. The average molecular weight is 353 g/mol. The smallest absolute Gasteiger partial charge is 0.210 e. The van der Waals surface area contributed by atoms with Crippen LogP contribution in [0, 0.1) is 11.6 Å². The van der Waals surface area contributed by atoms with Crippen LogP contribution < -0.4 is 5.84 Å². The number of halogens is 3. The van der Waals surface area contributed by atoms with Crippen LogP contribution in [0.3, 0.4) is 0 Å². The van der Waals surface area contributed by atoms with Gasteiger partial charge in [0.05, 0.1) is 0 Å². The minimum atomic E-state index is -0.975. The molecule has 0 fully saturated rings. The lowest BCUT2D eigenvalue weighted by Gasteiger charge is -2.06. The van der Waals surface area contributed by atoms with E-state index in [2.05, 4.69) is 10.2 Å². The summed E-state index contributed by atoms with van der Waals surface area (Å²) in [6.07, 6.45) is 0. The molecule has 0 amide bonds. The summed E-state index contributed by atoms with van der Waals surface area (Å²) in [6.45, 7) is 0. The van der Waals surface area contributed by atoms with Crippen LogP contribution in [0.25, 0.3) is 11.4 Å². The lowest BCUT2D eigenvalue weighted by molar-refractivity contribution is 0.507. The fourth-order valence-electron chi connectivity index (χ4n) is 1.98. The molecule has 0 unspecified atom stereocenters. The van der Waals surface area contributed by atoms with Gasteiger partial charge in [-0.25, -0.2) is 13.5 Å². The summed E-state index contributed by atoms with van der Waals surface area (Å²) in [5.74, 6) is 4.89. The van der Waals surface area contributed by atoms with Gasteiger partial charge in [0.1, 0.15) is 0 Å². The number of nitrogens with two attached hydrogens (primary N) is 1. The zero-order valence-electron chi connectivity index (χ0n) is 11.7. The molecule has 1 heterocycles. The summed E-state index contributed by atoms with van der Waals surface area (Å²) in [5.41, 5.74) is 1.29. The van der Waals surface area contributed by atoms with Gasteiger partial charge in [-0.3, -0.25) is 0 Å². The van der Waals surface area contributed by atoms with Crippen molar-refractivity contribution in [2.45, 2.75) is 10.9 Å². The zero-order valence-corrected chi connectivity index (χ0v) is 13.3. The van der Waals surface area contributed by atoms with Gasteiger partial charge in [-0.15, -0.1) is 10.2 Å². The molecule has 1 aromatic heterocycles. The van der Waals surface area contributed by atoms with Crippen LogP contribution in [0.5, 0.6) is 0 Å². The minimum Gasteiger partial charge on any atom is -0.335 e. The Morgan fingerprint density at radius 3 is 2.52 bits per heavy atom. The molecule has 4 nitrogen and oxygen atoms in total. The highest BCUT2D eigenvalue weighted by atomic mass is 35.5. The van der Waals surface area contributed by atoms with E-state index in [1.165, 1.54) is 16.4 Å². The van der Waals surface area contributed by atoms with Crippen LogP contribution in [-0.4, -0.2) is 14.9 Å². The predicted octanol–water partition coefficient (Wildman–Crippen LogP) is 3.88. The molecule has 8 heteroatoms. The van der Waals surface area contributed by atoms with Crippen molar-refractivity contribution in [1.82, 2.24) is 14.9 Å². The molecule has 0 saturated carbocycles. The molecule has 2 N–H and O–H groups in total. The topological polar surface area (TPSA) is 56.7 Å². The zero-order chi connectivity index (χ0) is 16.4. The monoisotopic (exact) mass is 352 g/mol. The quantitative estimate of drug-likeness (QED) is 0.440. The number of hydrogen-bond acceptors (Lipinski definition) is 4. The normalized spacial score (nSPS) is 10.9. The number of rotatable bonds is 4. The van der Waals surface area contributed by atoms with Crippen molar-refractivity contribution < 1.29 is 8.78 Å². The van der Waals surface area contributed by atoms with Gasteiger partial charge in [-0.05, 0) is 17.7 Å². The molecule has 3 rings (SSSR count). The van der Waals surface area contributed by atoms with E-state index >= 15 is 0 Å². The Hall–Kier alpha value is -2.12. The molecule has 0 spiro atoms. The summed E-state index contributed by atoms with van der Waals surface area (Å²) in [4.78, 5) is 0. The van der Waals surface area contributed by atoms with Crippen LogP contribution in [0.15, 0.2) is 47.6 Å². The molecule has 0 aliphatic rings. The summed E-state index contributed by atoms with van der Waals surface area (Å²) in [6, 6.07) is 11.4. The van der Waals surface area contributed by atoms with E-state index in [1.807, 2.05) is 30.3 Å². The Kier molecular flexibility index (Phi) is 4.49.